The standard InChI is InChI=1S/C42H32ClNO/c1-41(2)33-12-7-5-10-28(33)32-23-26(18-21-35(32)41)44(27-17-20-30-29-19-16-25(43)22-38(29)45-39(30)24-27)37-15-9-14-36-40(37)31-11-6-8-13-34(31)42(36,3)4/h5-24H,1-4H3. The molecule has 2 nitrogen and oxygen atoms in total. The molecule has 1 heterocycles. The van der Waals surface area contributed by atoms with Gasteiger partial charge < -0.3 is 9.32 Å². The Labute approximate surface area is 268 Å². The monoisotopic (exact) mass is 601 g/mol. The van der Waals surface area contributed by atoms with Gasteiger partial charge in [0.05, 0.1) is 5.69 Å². The van der Waals surface area contributed by atoms with Crippen molar-refractivity contribution in [1.29, 1.82) is 0 Å². The van der Waals surface area contributed by atoms with Crippen molar-refractivity contribution >= 4 is 50.6 Å². The zero-order valence-electron chi connectivity index (χ0n) is 25.8. The van der Waals surface area contributed by atoms with E-state index in [-0.39, 0.29) is 10.8 Å². The van der Waals surface area contributed by atoms with Crippen LogP contribution in [0.15, 0.2) is 126 Å². The molecule has 45 heavy (non-hydrogen) atoms. The number of fused-ring (bicyclic) bond motifs is 9. The van der Waals surface area contributed by atoms with Crippen LogP contribution in [0.25, 0.3) is 44.2 Å². The molecule has 0 atom stereocenters. The van der Waals surface area contributed by atoms with Gasteiger partial charge in [-0.05, 0) is 81.4 Å². The maximum absolute atomic E-state index is 6.41. The summed E-state index contributed by atoms with van der Waals surface area (Å²) in [5.41, 5.74) is 15.5. The van der Waals surface area contributed by atoms with Gasteiger partial charge in [0.25, 0.3) is 0 Å². The van der Waals surface area contributed by atoms with Crippen molar-refractivity contribution in [3.05, 3.63) is 149 Å². The summed E-state index contributed by atoms with van der Waals surface area (Å²) >= 11 is 6.34. The van der Waals surface area contributed by atoms with Crippen molar-refractivity contribution in [2.75, 3.05) is 4.90 Å². The number of benzene rings is 6. The van der Waals surface area contributed by atoms with Crippen LogP contribution in [0, 0.1) is 0 Å². The fourth-order valence-corrected chi connectivity index (χ4v) is 8.24. The molecule has 1 aromatic heterocycles. The van der Waals surface area contributed by atoms with Crippen LogP contribution in [0.4, 0.5) is 17.1 Å². The number of hydrogen-bond donors (Lipinski definition) is 0. The molecule has 0 amide bonds. The maximum atomic E-state index is 6.41. The number of nitrogens with zero attached hydrogens (tertiary/aromatic N) is 1. The highest BCUT2D eigenvalue weighted by Gasteiger charge is 2.39. The second-order valence-corrected chi connectivity index (χ2v) is 14.0. The molecule has 2 aliphatic rings. The Hall–Kier alpha value is -4.79. The average Bonchev–Trinajstić information content (AvgIpc) is 3.60. The summed E-state index contributed by atoms with van der Waals surface area (Å²) < 4.78 is 6.41. The maximum Gasteiger partial charge on any atom is 0.137 e. The lowest BCUT2D eigenvalue weighted by Gasteiger charge is -2.29. The van der Waals surface area contributed by atoms with Gasteiger partial charge >= 0.3 is 0 Å². The van der Waals surface area contributed by atoms with Gasteiger partial charge in [0.2, 0.25) is 0 Å². The third-order valence-electron chi connectivity index (χ3n) is 10.3. The van der Waals surface area contributed by atoms with Crippen molar-refractivity contribution in [3.63, 3.8) is 0 Å². The first kappa shape index (κ1) is 26.6. The van der Waals surface area contributed by atoms with Crippen LogP contribution in [0.1, 0.15) is 49.9 Å². The highest BCUT2D eigenvalue weighted by Crippen LogP contribution is 2.55. The molecule has 0 radical (unpaired) electrons. The van der Waals surface area contributed by atoms with Gasteiger partial charge in [-0.2, -0.15) is 0 Å². The van der Waals surface area contributed by atoms with Crippen LogP contribution >= 0.6 is 11.6 Å². The summed E-state index contributed by atoms with van der Waals surface area (Å²) in [7, 11) is 0. The zero-order valence-corrected chi connectivity index (χ0v) is 26.5. The molecule has 0 bridgehead atoms. The Morgan fingerprint density at radius 1 is 0.511 bits per heavy atom. The van der Waals surface area contributed by atoms with Crippen LogP contribution in [-0.2, 0) is 10.8 Å². The third kappa shape index (κ3) is 3.63. The second kappa shape index (κ2) is 9.12. The smallest absolute Gasteiger partial charge is 0.137 e. The Kier molecular flexibility index (Phi) is 5.39. The molecule has 0 N–H and O–H groups in total. The largest absolute Gasteiger partial charge is 0.456 e. The van der Waals surface area contributed by atoms with Crippen molar-refractivity contribution in [2.24, 2.45) is 0 Å². The lowest BCUT2D eigenvalue weighted by Crippen LogP contribution is -2.16. The van der Waals surface area contributed by atoms with Gasteiger partial charge in [0, 0.05) is 55.7 Å². The minimum Gasteiger partial charge on any atom is -0.456 e. The molecular weight excluding hydrogens is 570 g/mol. The summed E-state index contributed by atoms with van der Waals surface area (Å²) in [5.74, 6) is 0. The number of anilines is 3. The second-order valence-electron chi connectivity index (χ2n) is 13.5. The Morgan fingerprint density at radius 2 is 1.09 bits per heavy atom. The highest BCUT2D eigenvalue weighted by molar-refractivity contribution is 6.31. The molecule has 3 heteroatoms. The molecule has 2 aliphatic carbocycles. The molecule has 218 valence electrons. The molecular formula is C42H32ClNO. The van der Waals surface area contributed by atoms with Crippen LogP contribution in [0.2, 0.25) is 5.02 Å². The van der Waals surface area contributed by atoms with E-state index in [0.29, 0.717) is 5.02 Å². The van der Waals surface area contributed by atoms with Crippen LogP contribution in [0.3, 0.4) is 0 Å². The van der Waals surface area contributed by atoms with Crippen LogP contribution in [-0.4, -0.2) is 0 Å². The highest BCUT2D eigenvalue weighted by atomic mass is 35.5. The third-order valence-corrected chi connectivity index (χ3v) is 10.6. The molecule has 0 unspecified atom stereocenters. The minimum atomic E-state index is -0.101. The molecule has 0 fully saturated rings. The Morgan fingerprint density at radius 3 is 1.89 bits per heavy atom. The van der Waals surface area contributed by atoms with Gasteiger partial charge in [-0.1, -0.05) is 106 Å². The zero-order chi connectivity index (χ0) is 30.7. The predicted octanol–water partition coefficient (Wildman–Crippen LogP) is 12.3. The topological polar surface area (TPSA) is 16.4 Å². The van der Waals surface area contributed by atoms with Gasteiger partial charge in [-0.3, -0.25) is 0 Å². The Bertz CT molecular complexity index is 2360. The van der Waals surface area contributed by atoms with Crippen molar-refractivity contribution < 1.29 is 4.42 Å². The van der Waals surface area contributed by atoms with E-state index >= 15 is 0 Å². The van der Waals surface area contributed by atoms with Crippen molar-refractivity contribution in [1.82, 2.24) is 0 Å². The van der Waals surface area contributed by atoms with Gasteiger partial charge in [0.15, 0.2) is 0 Å². The van der Waals surface area contributed by atoms with Gasteiger partial charge in [-0.15, -0.1) is 0 Å². The summed E-state index contributed by atoms with van der Waals surface area (Å²) in [4.78, 5) is 2.42. The summed E-state index contributed by atoms with van der Waals surface area (Å²) in [5, 5.41) is 2.82. The molecule has 0 saturated carbocycles. The fraction of sp³-hybridized carbons (Fsp3) is 0.143. The SMILES string of the molecule is CC1(C)c2ccccc2-c2cc(N(c3ccc4c(c3)oc3cc(Cl)ccc34)c3cccc4c3-c3ccccc3C4(C)C)ccc21. The Balaban J connectivity index is 1.33. The minimum absolute atomic E-state index is 0.0549. The summed E-state index contributed by atoms with van der Waals surface area (Å²) in [6.07, 6.45) is 0. The fourth-order valence-electron chi connectivity index (χ4n) is 8.07. The van der Waals surface area contributed by atoms with E-state index in [1.54, 1.807) is 0 Å². The van der Waals surface area contributed by atoms with Crippen LogP contribution < -0.4 is 4.90 Å². The van der Waals surface area contributed by atoms with Crippen molar-refractivity contribution in [3.8, 4) is 22.3 Å². The van der Waals surface area contributed by atoms with Gasteiger partial charge in [0.1, 0.15) is 11.2 Å². The summed E-state index contributed by atoms with van der Waals surface area (Å²) in [6.45, 7) is 9.34. The van der Waals surface area contributed by atoms with Crippen molar-refractivity contribution in [2.45, 2.75) is 38.5 Å². The molecule has 0 aliphatic heterocycles. The number of halogens is 1. The molecule has 0 spiro atoms. The average molecular weight is 602 g/mol. The van der Waals surface area contributed by atoms with E-state index in [1.807, 2.05) is 18.2 Å². The predicted molar refractivity (Wildman–Crippen MR) is 189 cm³/mol. The van der Waals surface area contributed by atoms with E-state index in [2.05, 4.69) is 136 Å². The lowest BCUT2D eigenvalue weighted by atomic mass is 9.82. The van der Waals surface area contributed by atoms with Crippen LogP contribution in [0.5, 0.6) is 0 Å². The van der Waals surface area contributed by atoms with E-state index in [1.165, 1.54) is 44.5 Å². The normalized spacial score (nSPS) is 15.1. The van der Waals surface area contributed by atoms with Gasteiger partial charge in [-0.25, -0.2) is 0 Å². The van der Waals surface area contributed by atoms with E-state index in [9.17, 15) is 0 Å². The number of rotatable bonds is 3. The number of hydrogen-bond acceptors (Lipinski definition) is 2. The summed E-state index contributed by atoms with van der Waals surface area (Å²) in [6, 6.07) is 44.0. The lowest BCUT2D eigenvalue weighted by molar-refractivity contribution is 0.660. The molecule has 0 saturated heterocycles. The quantitative estimate of drug-likeness (QED) is 0.200. The first-order chi connectivity index (χ1) is 21.7. The molecule has 6 aromatic carbocycles. The van der Waals surface area contributed by atoms with E-state index < -0.39 is 0 Å². The molecule has 9 rings (SSSR count). The molecule has 7 aromatic rings. The first-order valence-electron chi connectivity index (χ1n) is 15.6. The van der Waals surface area contributed by atoms with E-state index in [4.69, 9.17) is 16.0 Å². The van der Waals surface area contributed by atoms with E-state index in [0.717, 1.165) is 39.0 Å². The number of furan rings is 1. The first-order valence-corrected chi connectivity index (χ1v) is 16.0.